The van der Waals surface area contributed by atoms with Crippen molar-refractivity contribution in [2.24, 2.45) is 5.92 Å². The molecule has 1 aliphatic heterocycles. The number of aromatic nitrogens is 2. The molecule has 1 aliphatic rings. The third-order valence-corrected chi connectivity index (χ3v) is 6.34. The van der Waals surface area contributed by atoms with Crippen molar-refractivity contribution in [3.63, 3.8) is 0 Å². The van der Waals surface area contributed by atoms with Crippen LogP contribution in [-0.4, -0.2) is 39.8 Å². The summed E-state index contributed by atoms with van der Waals surface area (Å²) in [4.78, 5) is 36.4. The maximum absolute atomic E-state index is 13.7. The van der Waals surface area contributed by atoms with Gasteiger partial charge in [-0.25, -0.2) is 14.4 Å². The van der Waals surface area contributed by atoms with Crippen molar-refractivity contribution in [3.8, 4) is 0 Å². The molecular weight excluding hydrogens is 419 g/mol. The summed E-state index contributed by atoms with van der Waals surface area (Å²) in [6.07, 6.45) is 2.98. The first-order valence-corrected chi connectivity index (χ1v) is 11.4. The number of hydrogen-bond donors (Lipinski definition) is 1. The lowest BCUT2D eigenvalue weighted by atomic mass is 9.92. The fraction of sp³-hybridized carbons (Fsp3) is 0.385. The number of carbonyl (C=O) groups is 2. The first-order valence-electron chi connectivity index (χ1n) is 11.4. The number of hydrogen-bond acceptors (Lipinski definition) is 4. The van der Waals surface area contributed by atoms with E-state index in [0.29, 0.717) is 37.1 Å². The fourth-order valence-corrected chi connectivity index (χ4v) is 4.29. The van der Waals surface area contributed by atoms with Crippen LogP contribution in [0, 0.1) is 25.6 Å². The summed E-state index contributed by atoms with van der Waals surface area (Å²) < 4.78 is 13.7. The summed E-state index contributed by atoms with van der Waals surface area (Å²) in [6.45, 7) is 5.37. The zero-order valence-electron chi connectivity index (χ0n) is 19.1. The van der Waals surface area contributed by atoms with Gasteiger partial charge in [-0.05, 0) is 63.3 Å². The zero-order valence-corrected chi connectivity index (χ0v) is 19.1. The molecule has 1 atom stereocenters. The number of rotatable bonds is 6. The minimum absolute atomic E-state index is 0.00867. The summed E-state index contributed by atoms with van der Waals surface area (Å²) >= 11 is 0. The predicted octanol–water partition coefficient (Wildman–Crippen LogP) is 4.33. The molecule has 3 aromatic rings. The number of halogens is 1. The molecule has 33 heavy (non-hydrogen) atoms. The second-order valence-corrected chi connectivity index (χ2v) is 8.76. The minimum Gasteiger partial charge on any atom is -0.352 e. The van der Waals surface area contributed by atoms with Crippen molar-refractivity contribution in [2.45, 2.75) is 46.1 Å². The van der Waals surface area contributed by atoms with Gasteiger partial charge >= 0.3 is 0 Å². The quantitative estimate of drug-likeness (QED) is 0.609. The standard InChI is InChI=1S/C26H29FN4O2/c1-17-18(2)30-24-14-20(10-11-23(24)29-17)26(33)31-13-5-6-19(16-31)9-12-25(32)28-15-21-7-3-4-8-22(21)27/h3-4,7-8,10-11,14,19H,5-6,9,12-13,15-16H2,1-2H3,(H,28,32). The van der Waals surface area contributed by atoms with Crippen LogP contribution < -0.4 is 5.32 Å². The van der Waals surface area contributed by atoms with Gasteiger partial charge in [-0.15, -0.1) is 0 Å². The number of fused-ring (bicyclic) bond motifs is 1. The topological polar surface area (TPSA) is 75.2 Å². The number of aryl methyl sites for hydroxylation is 2. The second kappa shape index (κ2) is 10.1. The van der Waals surface area contributed by atoms with Crippen LogP contribution in [0.3, 0.4) is 0 Å². The summed E-state index contributed by atoms with van der Waals surface area (Å²) in [7, 11) is 0. The van der Waals surface area contributed by atoms with Crippen molar-refractivity contribution >= 4 is 22.8 Å². The Balaban J connectivity index is 1.32. The van der Waals surface area contributed by atoms with E-state index in [4.69, 9.17) is 0 Å². The number of likely N-dealkylation sites (tertiary alicyclic amines) is 1. The van der Waals surface area contributed by atoms with Gasteiger partial charge in [-0.1, -0.05) is 18.2 Å². The van der Waals surface area contributed by atoms with Crippen molar-refractivity contribution in [2.75, 3.05) is 13.1 Å². The van der Waals surface area contributed by atoms with Gasteiger partial charge in [-0.3, -0.25) is 9.59 Å². The van der Waals surface area contributed by atoms with Crippen molar-refractivity contribution in [3.05, 3.63) is 70.8 Å². The molecule has 172 valence electrons. The average molecular weight is 449 g/mol. The molecule has 1 fully saturated rings. The van der Waals surface area contributed by atoms with E-state index in [2.05, 4.69) is 15.3 Å². The second-order valence-electron chi connectivity index (χ2n) is 8.76. The van der Waals surface area contributed by atoms with Gasteiger partial charge in [0.25, 0.3) is 5.91 Å². The summed E-state index contributed by atoms with van der Waals surface area (Å²) in [5.41, 5.74) is 4.35. The Morgan fingerprint density at radius 2 is 1.85 bits per heavy atom. The fourth-order valence-electron chi connectivity index (χ4n) is 4.29. The van der Waals surface area contributed by atoms with Gasteiger partial charge in [0, 0.05) is 37.2 Å². The molecule has 1 N–H and O–H groups in total. The van der Waals surface area contributed by atoms with Crippen molar-refractivity contribution < 1.29 is 14.0 Å². The lowest BCUT2D eigenvalue weighted by Crippen LogP contribution is -2.40. The Hall–Kier alpha value is -3.35. The molecule has 0 bridgehead atoms. The number of nitrogens with zero attached hydrogens (tertiary/aromatic N) is 3. The maximum Gasteiger partial charge on any atom is 0.253 e. The van der Waals surface area contributed by atoms with E-state index in [1.165, 1.54) is 6.07 Å². The summed E-state index contributed by atoms with van der Waals surface area (Å²) in [5.74, 6) is -0.151. The highest BCUT2D eigenvalue weighted by molar-refractivity contribution is 5.97. The molecule has 7 heteroatoms. The highest BCUT2D eigenvalue weighted by atomic mass is 19.1. The molecule has 1 unspecified atom stereocenters. The van der Waals surface area contributed by atoms with Crippen LogP contribution in [0.4, 0.5) is 4.39 Å². The van der Waals surface area contributed by atoms with Crippen LogP contribution in [0.5, 0.6) is 0 Å². The first-order chi connectivity index (χ1) is 15.9. The Labute approximate surface area is 193 Å². The number of nitrogens with one attached hydrogen (secondary N) is 1. The van der Waals surface area contributed by atoms with Crippen LogP contribution in [0.2, 0.25) is 0 Å². The van der Waals surface area contributed by atoms with Crippen LogP contribution in [0.1, 0.15) is 53.0 Å². The number of piperidine rings is 1. The van der Waals surface area contributed by atoms with Gasteiger partial charge in [0.1, 0.15) is 5.82 Å². The molecule has 2 heterocycles. The maximum atomic E-state index is 13.7. The minimum atomic E-state index is -0.316. The third kappa shape index (κ3) is 5.53. The SMILES string of the molecule is Cc1nc2ccc(C(=O)N3CCCC(CCC(=O)NCc4ccccc4F)C3)cc2nc1C. The van der Waals surface area contributed by atoms with Gasteiger partial charge < -0.3 is 10.2 Å². The number of carbonyl (C=O) groups excluding carboxylic acids is 2. The van der Waals surface area contributed by atoms with E-state index < -0.39 is 0 Å². The highest BCUT2D eigenvalue weighted by Crippen LogP contribution is 2.23. The molecule has 1 saturated heterocycles. The molecule has 0 radical (unpaired) electrons. The zero-order chi connectivity index (χ0) is 23.4. The summed E-state index contributed by atoms with van der Waals surface area (Å²) in [6, 6.07) is 11.9. The molecule has 0 aliphatic carbocycles. The van der Waals surface area contributed by atoms with Crippen LogP contribution in [0.15, 0.2) is 42.5 Å². The van der Waals surface area contributed by atoms with Gasteiger partial charge in [-0.2, -0.15) is 0 Å². The molecule has 2 aromatic carbocycles. The monoisotopic (exact) mass is 448 g/mol. The van der Waals surface area contributed by atoms with Gasteiger partial charge in [0.2, 0.25) is 5.91 Å². The Morgan fingerprint density at radius 1 is 1.09 bits per heavy atom. The Kier molecular flexibility index (Phi) is 6.96. The van der Waals surface area contributed by atoms with E-state index in [1.54, 1.807) is 18.2 Å². The lowest BCUT2D eigenvalue weighted by Gasteiger charge is -2.33. The molecule has 6 nitrogen and oxygen atoms in total. The third-order valence-electron chi connectivity index (χ3n) is 6.34. The first kappa shape index (κ1) is 22.8. The Morgan fingerprint density at radius 3 is 2.64 bits per heavy atom. The van der Waals surface area contributed by atoms with Crippen molar-refractivity contribution in [1.82, 2.24) is 20.2 Å². The van der Waals surface area contributed by atoms with Crippen molar-refractivity contribution in [1.29, 1.82) is 0 Å². The van der Waals surface area contributed by atoms with Gasteiger partial charge in [0.05, 0.1) is 22.4 Å². The van der Waals surface area contributed by atoms with E-state index in [-0.39, 0.29) is 30.1 Å². The van der Waals surface area contributed by atoms with Crippen LogP contribution in [0.25, 0.3) is 11.0 Å². The van der Waals surface area contributed by atoms with E-state index in [9.17, 15) is 14.0 Å². The molecular formula is C26H29FN4O2. The molecule has 4 rings (SSSR count). The summed E-state index contributed by atoms with van der Waals surface area (Å²) in [5, 5.41) is 2.79. The lowest BCUT2D eigenvalue weighted by molar-refractivity contribution is -0.121. The van der Waals surface area contributed by atoms with Gasteiger partial charge in [0.15, 0.2) is 0 Å². The Bertz CT molecular complexity index is 1180. The normalized spacial score (nSPS) is 16.1. The van der Waals surface area contributed by atoms with Crippen LogP contribution in [-0.2, 0) is 11.3 Å². The largest absolute Gasteiger partial charge is 0.352 e. The molecule has 2 amide bonds. The number of amides is 2. The molecule has 0 saturated carbocycles. The average Bonchev–Trinajstić information content (AvgIpc) is 2.82. The highest BCUT2D eigenvalue weighted by Gasteiger charge is 2.25. The molecule has 1 aromatic heterocycles. The predicted molar refractivity (Wildman–Crippen MR) is 125 cm³/mol. The smallest absolute Gasteiger partial charge is 0.253 e. The van der Waals surface area contributed by atoms with Crippen LogP contribution >= 0.6 is 0 Å². The van der Waals surface area contributed by atoms with E-state index in [0.717, 1.165) is 35.3 Å². The van der Waals surface area contributed by atoms with E-state index >= 15 is 0 Å². The van der Waals surface area contributed by atoms with E-state index in [1.807, 2.05) is 36.9 Å². The molecule has 0 spiro atoms. The number of benzene rings is 2.